The van der Waals surface area contributed by atoms with E-state index < -0.39 is 24.0 Å². The molecule has 2 amide bonds. The second kappa shape index (κ2) is 10.8. The Hall–Kier alpha value is -4.07. The maximum Gasteiger partial charge on any atom is 0.326 e. The van der Waals surface area contributed by atoms with E-state index in [1.807, 2.05) is 48.5 Å². The topological polar surface area (TPSA) is 120 Å². The third-order valence-electron chi connectivity index (χ3n) is 4.94. The zero-order valence-electron chi connectivity index (χ0n) is 17.3. The van der Waals surface area contributed by atoms with Gasteiger partial charge in [-0.25, -0.2) is 9.59 Å². The number of benzene rings is 2. The summed E-state index contributed by atoms with van der Waals surface area (Å²) in [5, 5.41) is 21.2. The van der Waals surface area contributed by atoms with Crippen molar-refractivity contribution in [3.05, 3.63) is 84.3 Å². The summed E-state index contributed by atoms with van der Waals surface area (Å²) in [4.78, 5) is 36.9. The van der Waals surface area contributed by atoms with E-state index >= 15 is 0 Å². The van der Waals surface area contributed by atoms with Crippen molar-refractivity contribution in [1.29, 1.82) is 0 Å². The molecule has 2 aromatic carbocycles. The van der Waals surface area contributed by atoms with E-state index in [1.54, 1.807) is 24.7 Å². The molecule has 1 heterocycles. The van der Waals surface area contributed by atoms with Gasteiger partial charge in [0.15, 0.2) is 0 Å². The van der Waals surface area contributed by atoms with Gasteiger partial charge in [0.25, 0.3) is 0 Å². The van der Waals surface area contributed by atoms with Crippen LogP contribution in [0.2, 0.25) is 0 Å². The van der Waals surface area contributed by atoms with Gasteiger partial charge in [-0.1, -0.05) is 54.6 Å². The van der Waals surface area contributed by atoms with Crippen molar-refractivity contribution < 1.29 is 29.0 Å². The summed E-state index contributed by atoms with van der Waals surface area (Å²) in [5.41, 5.74) is 3.40. The van der Waals surface area contributed by atoms with Crippen LogP contribution in [0.4, 0.5) is 4.79 Å². The normalized spacial score (nSPS) is 11.5. The molecule has 0 unspecified atom stereocenters. The first-order chi connectivity index (χ1) is 15.4. The predicted octanol–water partition coefficient (Wildman–Crippen LogP) is 3.63. The van der Waals surface area contributed by atoms with E-state index in [4.69, 9.17) is 9.52 Å². The van der Waals surface area contributed by atoms with E-state index in [1.165, 1.54) is 4.90 Å². The lowest BCUT2D eigenvalue weighted by molar-refractivity contribution is -0.139. The maximum atomic E-state index is 12.8. The summed E-state index contributed by atoms with van der Waals surface area (Å²) in [6.45, 7) is 0.132. The molecule has 0 bridgehead atoms. The largest absolute Gasteiger partial charge is 0.481 e. The van der Waals surface area contributed by atoms with Crippen LogP contribution in [0.5, 0.6) is 0 Å². The van der Waals surface area contributed by atoms with Crippen molar-refractivity contribution in [2.24, 2.45) is 0 Å². The van der Waals surface area contributed by atoms with Crippen LogP contribution in [-0.2, 0) is 22.6 Å². The van der Waals surface area contributed by atoms with Gasteiger partial charge < -0.3 is 24.8 Å². The van der Waals surface area contributed by atoms with Gasteiger partial charge in [-0.3, -0.25) is 4.79 Å². The lowest BCUT2D eigenvalue weighted by atomic mass is 10.0. The van der Waals surface area contributed by atoms with Crippen molar-refractivity contribution in [1.82, 2.24) is 10.2 Å². The van der Waals surface area contributed by atoms with Crippen LogP contribution in [0.25, 0.3) is 11.1 Å². The summed E-state index contributed by atoms with van der Waals surface area (Å²) in [6.07, 6.45) is 3.04. The SMILES string of the molecule is O=C(O)CCN(Cc1ccccc1)C(=O)N[C@@H](Cc1ccc(-c2ccoc2)cc1)C(=O)O. The average Bonchev–Trinajstić information content (AvgIpc) is 3.32. The number of carboxylic acid groups (broad SMARTS) is 2. The molecule has 0 fully saturated rings. The third kappa shape index (κ3) is 6.46. The van der Waals surface area contributed by atoms with Gasteiger partial charge in [-0.15, -0.1) is 0 Å². The Labute approximate surface area is 185 Å². The van der Waals surface area contributed by atoms with E-state index in [0.717, 1.165) is 22.3 Å². The van der Waals surface area contributed by atoms with Crippen molar-refractivity contribution >= 4 is 18.0 Å². The number of furan rings is 1. The van der Waals surface area contributed by atoms with Crippen LogP contribution in [0, 0.1) is 0 Å². The minimum absolute atomic E-state index is 0.0399. The van der Waals surface area contributed by atoms with Crippen molar-refractivity contribution in [3.63, 3.8) is 0 Å². The van der Waals surface area contributed by atoms with Crippen LogP contribution in [0.15, 0.2) is 77.6 Å². The number of carbonyl (C=O) groups is 3. The maximum absolute atomic E-state index is 12.8. The number of aliphatic carboxylic acids is 2. The number of hydrogen-bond acceptors (Lipinski definition) is 4. The Morgan fingerprint density at radius 3 is 2.22 bits per heavy atom. The molecular formula is C24H24N2O6. The fourth-order valence-electron chi connectivity index (χ4n) is 3.22. The molecule has 0 aliphatic rings. The second-order valence-corrected chi connectivity index (χ2v) is 7.30. The zero-order chi connectivity index (χ0) is 22.9. The highest BCUT2D eigenvalue weighted by atomic mass is 16.4. The molecule has 3 N–H and O–H groups in total. The van der Waals surface area contributed by atoms with Crippen LogP contribution in [0.1, 0.15) is 17.5 Å². The van der Waals surface area contributed by atoms with E-state index in [0.29, 0.717) is 0 Å². The van der Waals surface area contributed by atoms with Gasteiger partial charge in [-0.2, -0.15) is 0 Å². The number of rotatable bonds is 10. The predicted molar refractivity (Wildman–Crippen MR) is 117 cm³/mol. The van der Waals surface area contributed by atoms with Gasteiger partial charge in [0, 0.05) is 25.1 Å². The lowest BCUT2D eigenvalue weighted by Gasteiger charge is -2.25. The molecule has 0 saturated carbocycles. The fraction of sp³-hybridized carbons (Fsp3) is 0.208. The first-order valence-electron chi connectivity index (χ1n) is 10.1. The first kappa shape index (κ1) is 22.6. The molecule has 0 aliphatic carbocycles. The first-order valence-corrected chi connectivity index (χ1v) is 10.1. The van der Waals surface area contributed by atoms with Crippen molar-refractivity contribution in [3.8, 4) is 11.1 Å². The minimum Gasteiger partial charge on any atom is -0.481 e. The number of nitrogens with zero attached hydrogens (tertiary/aromatic N) is 1. The molecule has 166 valence electrons. The number of urea groups is 1. The Morgan fingerprint density at radius 1 is 0.906 bits per heavy atom. The van der Waals surface area contributed by atoms with Crippen LogP contribution >= 0.6 is 0 Å². The molecule has 1 aromatic heterocycles. The molecule has 3 aromatic rings. The van der Waals surface area contributed by atoms with E-state index in [9.17, 15) is 19.5 Å². The molecular weight excluding hydrogens is 412 g/mol. The van der Waals surface area contributed by atoms with Crippen LogP contribution in [0.3, 0.4) is 0 Å². The van der Waals surface area contributed by atoms with Gasteiger partial charge >= 0.3 is 18.0 Å². The fourth-order valence-corrected chi connectivity index (χ4v) is 3.22. The number of carbonyl (C=O) groups excluding carboxylic acids is 1. The second-order valence-electron chi connectivity index (χ2n) is 7.30. The highest BCUT2D eigenvalue weighted by Gasteiger charge is 2.24. The van der Waals surface area contributed by atoms with E-state index in [2.05, 4.69) is 5.32 Å². The standard InChI is InChI=1S/C24H24N2O6/c27-22(28)10-12-26(15-18-4-2-1-3-5-18)24(31)25-21(23(29)30)14-17-6-8-19(9-7-17)20-11-13-32-16-20/h1-9,11,13,16,21H,10,12,14-15H2,(H,25,31)(H,27,28)(H,29,30)/t21-/m0/s1. The quantitative estimate of drug-likeness (QED) is 0.446. The van der Waals surface area contributed by atoms with Gasteiger partial charge in [0.2, 0.25) is 0 Å². The monoisotopic (exact) mass is 436 g/mol. The molecule has 0 aliphatic heterocycles. The van der Waals surface area contributed by atoms with Crippen LogP contribution < -0.4 is 5.32 Å². The minimum atomic E-state index is -1.17. The van der Waals surface area contributed by atoms with Gasteiger partial charge in [0.05, 0.1) is 18.9 Å². The average molecular weight is 436 g/mol. The summed E-state index contributed by atoms with van der Waals surface area (Å²) in [6, 6.07) is 16.5. The lowest BCUT2D eigenvalue weighted by Crippen LogP contribution is -2.49. The number of carboxylic acids is 2. The number of nitrogens with one attached hydrogen (secondary N) is 1. The summed E-state index contributed by atoms with van der Waals surface area (Å²) in [7, 11) is 0. The number of hydrogen-bond donors (Lipinski definition) is 3. The molecule has 0 spiro atoms. The zero-order valence-corrected chi connectivity index (χ0v) is 17.3. The summed E-state index contributed by atoms with van der Waals surface area (Å²) < 4.78 is 5.07. The van der Waals surface area contributed by atoms with Crippen LogP contribution in [-0.4, -0.2) is 45.7 Å². The molecule has 32 heavy (non-hydrogen) atoms. The molecule has 0 saturated heterocycles. The summed E-state index contributed by atoms with van der Waals surface area (Å²) >= 11 is 0. The van der Waals surface area contributed by atoms with Gasteiger partial charge in [0.1, 0.15) is 6.04 Å². The molecule has 3 rings (SSSR count). The van der Waals surface area contributed by atoms with E-state index in [-0.39, 0.29) is 25.9 Å². The molecule has 1 atom stereocenters. The Morgan fingerprint density at radius 2 is 1.62 bits per heavy atom. The molecule has 8 nitrogen and oxygen atoms in total. The molecule has 8 heteroatoms. The molecule has 0 radical (unpaired) electrons. The number of amides is 2. The van der Waals surface area contributed by atoms with Gasteiger partial charge in [-0.05, 0) is 22.8 Å². The van der Waals surface area contributed by atoms with Crippen molar-refractivity contribution in [2.45, 2.75) is 25.4 Å². The smallest absolute Gasteiger partial charge is 0.326 e. The Balaban J connectivity index is 1.68. The summed E-state index contributed by atoms with van der Waals surface area (Å²) in [5.74, 6) is -2.21. The Bertz CT molecular complexity index is 1030. The Kier molecular flexibility index (Phi) is 7.64. The highest BCUT2D eigenvalue weighted by Crippen LogP contribution is 2.20. The van der Waals surface area contributed by atoms with Crippen molar-refractivity contribution in [2.75, 3.05) is 6.54 Å². The third-order valence-corrected chi connectivity index (χ3v) is 4.94. The highest BCUT2D eigenvalue weighted by molar-refractivity contribution is 5.83.